The van der Waals surface area contributed by atoms with Gasteiger partial charge in [-0.2, -0.15) is 0 Å². The third-order valence-electron chi connectivity index (χ3n) is 4.40. The Bertz CT molecular complexity index is 1070. The fourth-order valence-electron chi connectivity index (χ4n) is 2.93. The molecule has 158 valence electrons. The lowest BCUT2D eigenvalue weighted by molar-refractivity contribution is -0.111. The van der Waals surface area contributed by atoms with E-state index in [2.05, 4.69) is 10.3 Å². The average Bonchev–Trinajstić information content (AvgIpc) is 2.81. The second-order valence-corrected chi connectivity index (χ2v) is 6.49. The number of nitrogens with zero attached hydrogens (tertiary/aromatic N) is 1. The van der Waals surface area contributed by atoms with E-state index in [1.165, 1.54) is 6.08 Å². The maximum Gasteiger partial charge on any atom is 0.248 e. The standard InChI is InChI=1S/C25H24N2O4/c1-29-22-16-19(17-23(30-2)25(22)31-3)11-13-24(28)27-21-9-6-7-18(15-21)10-12-20-8-4-5-14-26-20/h4-17H,1-3H3,(H,27,28). The summed E-state index contributed by atoms with van der Waals surface area (Å²) in [6, 6.07) is 16.9. The predicted octanol–water partition coefficient (Wildman–Crippen LogP) is 4.93. The summed E-state index contributed by atoms with van der Waals surface area (Å²) in [7, 11) is 4.64. The molecule has 0 spiro atoms. The molecule has 0 atom stereocenters. The number of carbonyl (C=O) groups excluding carboxylic acids is 1. The molecule has 1 heterocycles. The van der Waals surface area contributed by atoms with Crippen molar-refractivity contribution in [3.05, 3.63) is 83.7 Å². The summed E-state index contributed by atoms with van der Waals surface area (Å²) < 4.78 is 16.0. The Morgan fingerprint density at radius 3 is 2.26 bits per heavy atom. The second kappa shape index (κ2) is 10.6. The summed E-state index contributed by atoms with van der Waals surface area (Å²) in [4.78, 5) is 16.7. The molecule has 0 bridgehead atoms. The number of anilines is 1. The lowest BCUT2D eigenvalue weighted by Crippen LogP contribution is -2.07. The maximum absolute atomic E-state index is 12.4. The van der Waals surface area contributed by atoms with Gasteiger partial charge in [-0.1, -0.05) is 24.3 Å². The van der Waals surface area contributed by atoms with Crippen LogP contribution >= 0.6 is 0 Å². The topological polar surface area (TPSA) is 69.7 Å². The van der Waals surface area contributed by atoms with Crippen LogP contribution in [-0.2, 0) is 4.79 Å². The first-order valence-electron chi connectivity index (χ1n) is 9.61. The number of nitrogens with one attached hydrogen (secondary N) is 1. The number of hydrogen-bond donors (Lipinski definition) is 1. The molecule has 0 aliphatic heterocycles. The lowest BCUT2D eigenvalue weighted by Gasteiger charge is -2.12. The zero-order valence-corrected chi connectivity index (χ0v) is 17.7. The maximum atomic E-state index is 12.4. The zero-order valence-electron chi connectivity index (χ0n) is 17.7. The summed E-state index contributed by atoms with van der Waals surface area (Å²) in [5.74, 6) is 1.30. The number of methoxy groups -OCH3 is 3. The fourth-order valence-corrected chi connectivity index (χ4v) is 2.93. The quantitative estimate of drug-likeness (QED) is 0.527. The van der Waals surface area contributed by atoms with E-state index in [1.807, 2.05) is 54.6 Å². The lowest BCUT2D eigenvalue weighted by atomic mass is 10.1. The predicted molar refractivity (Wildman–Crippen MR) is 123 cm³/mol. The van der Waals surface area contributed by atoms with Crippen molar-refractivity contribution < 1.29 is 19.0 Å². The number of ether oxygens (including phenoxy) is 3. The summed E-state index contributed by atoms with van der Waals surface area (Å²) in [5, 5.41) is 2.87. The molecular weight excluding hydrogens is 392 g/mol. The molecule has 0 radical (unpaired) electrons. The van der Waals surface area contributed by atoms with Crippen molar-refractivity contribution in [3.63, 3.8) is 0 Å². The molecule has 0 aliphatic rings. The van der Waals surface area contributed by atoms with Gasteiger partial charge in [0.05, 0.1) is 27.0 Å². The van der Waals surface area contributed by atoms with Crippen molar-refractivity contribution in [1.29, 1.82) is 0 Å². The van der Waals surface area contributed by atoms with Gasteiger partial charge >= 0.3 is 0 Å². The van der Waals surface area contributed by atoms with E-state index in [-0.39, 0.29) is 5.91 Å². The van der Waals surface area contributed by atoms with Gasteiger partial charge in [-0.15, -0.1) is 0 Å². The van der Waals surface area contributed by atoms with Crippen molar-refractivity contribution in [2.24, 2.45) is 0 Å². The number of amides is 1. The highest BCUT2D eigenvalue weighted by molar-refractivity contribution is 6.02. The molecule has 3 rings (SSSR count). The van der Waals surface area contributed by atoms with E-state index in [0.29, 0.717) is 22.9 Å². The molecule has 0 fully saturated rings. The third-order valence-corrected chi connectivity index (χ3v) is 4.40. The van der Waals surface area contributed by atoms with Crippen molar-refractivity contribution in [2.45, 2.75) is 0 Å². The number of hydrogen-bond acceptors (Lipinski definition) is 5. The van der Waals surface area contributed by atoms with Crippen LogP contribution in [0.1, 0.15) is 16.8 Å². The molecule has 2 aromatic carbocycles. The smallest absolute Gasteiger partial charge is 0.248 e. The molecule has 6 nitrogen and oxygen atoms in total. The number of carbonyl (C=O) groups is 1. The highest BCUT2D eigenvalue weighted by Gasteiger charge is 2.12. The average molecular weight is 416 g/mol. The molecule has 6 heteroatoms. The van der Waals surface area contributed by atoms with Gasteiger partial charge in [-0.3, -0.25) is 9.78 Å². The van der Waals surface area contributed by atoms with E-state index in [0.717, 1.165) is 16.8 Å². The van der Waals surface area contributed by atoms with E-state index in [1.54, 1.807) is 45.7 Å². The van der Waals surface area contributed by atoms with Crippen molar-refractivity contribution in [1.82, 2.24) is 4.98 Å². The Morgan fingerprint density at radius 2 is 1.61 bits per heavy atom. The minimum Gasteiger partial charge on any atom is -0.493 e. The van der Waals surface area contributed by atoms with Gasteiger partial charge in [0.15, 0.2) is 11.5 Å². The van der Waals surface area contributed by atoms with Crippen LogP contribution in [-0.4, -0.2) is 32.2 Å². The summed E-state index contributed by atoms with van der Waals surface area (Å²) >= 11 is 0. The Hall–Kier alpha value is -4.06. The molecule has 0 aliphatic carbocycles. The van der Waals surface area contributed by atoms with Crippen LogP contribution in [0.4, 0.5) is 5.69 Å². The van der Waals surface area contributed by atoms with E-state index in [9.17, 15) is 4.79 Å². The van der Waals surface area contributed by atoms with Crippen LogP contribution < -0.4 is 19.5 Å². The van der Waals surface area contributed by atoms with Crippen LogP contribution in [0.25, 0.3) is 18.2 Å². The first-order chi connectivity index (χ1) is 15.1. The van der Waals surface area contributed by atoms with Crippen LogP contribution in [0.15, 0.2) is 66.9 Å². The highest BCUT2D eigenvalue weighted by atomic mass is 16.5. The first-order valence-corrected chi connectivity index (χ1v) is 9.61. The van der Waals surface area contributed by atoms with Crippen LogP contribution in [0, 0.1) is 0 Å². The van der Waals surface area contributed by atoms with Crippen LogP contribution in [0.2, 0.25) is 0 Å². The SMILES string of the molecule is COc1cc(C=CC(=O)Nc2cccc(C=Cc3ccccn3)c2)cc(OC)c1OC. The van der Waals surface area contributed by atoms with Crippen LogP contribution in [0.3, 0.4) is 0 Å². The molecule has 31 heavy (non-hydrogen) atoms. The Kier molecular flexibility index (Phi) is 7.43. The normalized spacial score (nSPS) is 10.9. The Balaban J connectivity index is 1.70. The van der Waals surface area contributed by atoms with Crippen LogP contribution in [0.5, 0.6) is 17.2 Å². The van der Waals surface area contributed by atoms with Gasteiger partial charge in [-0.05, 0) is 59.7 Å². The molecule has 0 saturated heterocycles. The van der Waals surface area contributed by atoms with Crippen molar-refractivity contribution in [3.8, 4) is 17.2 Å². The monoisotopic (exact) mass is 416 g/mol. The largest absolute Gasteiger partial charge is 0.493 e. The Labute approximate surface area is 181 Å². The van der Waals surface area contributed by atoms with Crippen molar-refractivity contribution in [2.75, 3.05) is 26.6 Å². The van der Waals surface area contributed by atoms with E-state index in [4.69, 9.17) is 14.2 Å². The van der Waals surface area contributed by atoms with Gasteiger partial charge in [0.25, 0.3) is 0 Å². The molecule has 1 N–H and O–H groups in total. The number of benzene rings is 2. The van der Waals surface area contributed by atoms with Gasteiger partial charge in [0.2, 0.25) is 11.7 Å². The first kappa shape index (κ1) is 21.6. The van der Waals surface area contributed by atoms with Gasteiger partial charge in [0, 0.05) is 18.0 Å². The number of aromatic nitrogens is 1. The minimum atomic E-state index is -0.250. The summed E-state index contributed by atoms with van der Waals surface area (Å²) in [5.41, 5.74) is 3.27. The van der Waals surface area contributed by atoms with Crippen molar-refractivity contribution >= 4 is 29.8 Å². The van der Waals surface area contributed by atoms with E-state index >= 15 is 0 Å². The molecule has 0 saturated carbocycles. The minimum absolute atomic E-state index is 0.250. The third kappa shape index (κ3) is 5.96. The fraction of sp³-hybridized carbons (Fsp3) is 0.120. The number of pyridine rings is 1. The molecular formula is C25H24N2O4. The summed E-state index contributed by atoms with van der Waals surface area (Å²) in [6.07, 6.45) is 8.76. The highest BCUT2D eigenvalue weighted by Crippen LogP contribution is 2.38. The van der Waals surface area contributed by atoms with Gasteiger partial charge in [0.1, 0.15) is 0 Å². The summed E-state index contributed by atoms with van der Waals surface area (Å²) in [6.45, 7) is 0. The Morgan fingerprint density at radius 1 is 0.839 bits per heavy atom. The van der Waals surface area contributed by atoms with Gasteiger partial charge < -0.3 is 19.5 Å². The van der Waals surface area contributed by atoms with Gasteiger partial charge in [-0.25, -0.2) is 0 Å². The second-order valence-electron chi connectivity index (χ2n) is 6.49. The zero-order chi connectivity index (χ0) is 22.1. The number of rotatable bonds is 8. The molecule has 3 aromatic rings. The molecule has 0 unspecified atom stereocenters. The molecule has 1 aromatic heterocycles. The molecule has 1 amide bonds. The van der Waals surface area contributed by atoms with E-state index < -0.39 is 0 Å².